The van der Waals surface area contributed by atoms with Crippen LogP contribution < -0.4 is 10.2 Å². The summed E-state index contributed by atoms with van der Waals surface area (Å²) in [5.74, 6) is -1.14. The summed E-state index contributed by atoms with van der Waals surface area (Å²) in [6.07, 6.45) is 1.12. The lowest BCUT2D eigenvalue weighted by molar-refractivity contribution is -0.115. The maximum Gasteiger partial charge on any atom is 0.328 e. The molecule has 0 aliphatic heterocycles. The molecule has 17 heavy (non-hydrogen) atoms. The number of nitrogens with zero attached hydrogens (tertiary/aromatic N) is 2. The topological polar surface area (TPSA) is 62.3 Å². The van der Waals surface area contributed by atoms with Crippen molar-refractivity contribution in [3.63, 3.8) is 0 Å². The molecule has 1 heterocycles. The van der Waals surface area contributed by atoms with E-state index >= 15 is 0 Å². The molecule has 0 saturated heterocycles. The summed E-state index contributed by atoms with van der Waals surface area (Å²) in [4.78, 5) is 26.7. The van der Waals surface area contributed by atoms with Gasteiger partial charge in [0.25, 0.3) is 0 Å². The number of nitrogens with one attached hydrogen (secondary N) is 1. The molecule has 0 aliphatic carbocycles. The van der Waals surface area contributed by atoms with Gasteiger partial charge in [-0.15, -0.1) is 0 Å². The lowest BCUT2D eigenvalue weighted by Gasteiger charge is -2.17. The van der Waals surface area contributed by atoms with Crippen LogP contribution in [0.3, 0.4) is 0 Å². The molecule has 3 amide bonds. The molecule has 0 aliphatic rings. The van der Waals surface area contributed by atoms with E-state index in [1.807, 2.05) is 13.8 Å². The predicted octanol–water partition coefficient (Wildman–Crippen LogP) is 1.94. The summed E-state index contributed by atoms with van der Waals surface area (Å²) >= 11 is 0. The molecule has 0 bridgehead atoms. The second kappa shape index (κ2) is 7.32. The minimum atomic E-state index is -0.667. The maximum absolute atomic E-state index is 12.5. The van der Waals surface area contributed by atoms with Gasteiger partial charge >= 0.3 is 6.03 Å². The molecule has 94 valence electrons. The number of carbonyl (C=O) groups excluding carboxylic acids is 2. The second-order valence-corrected chi connectivity index (χ2v) is 2.75. The molecule has 1 rings (SSSR count). The van der Waals surface area contributed by atoms with Crippen molar-refractivity contribution >= 4 is 17.6 Å². The van der Waals surface area contributed by atoms with Gasteiger partial charge in [0.05, 0.1) is 11.9 Å². The molecule has 0 fully saturated rings. The molecule has 0 saturated carbocycles. The first kappa shape index (κ1) is 15.0. The molecule has 1 aromatic rings. The Labute approximate surface area is 99.6 Å². The molecular formula is C11H16FN3O2. The summed E-state index contributed by atoms with van der Waals surface area (Å²) in [5.41, 5.74) is 0.225. The van der Waals surface area contributed by atoms with Crippen LogP contribution in [0.15, 0.2) is 18.3 Å². The van der Waals surface area contributed by atoms with Gasteiger partial charge in [-0.3, -0.25) is 4.79 Å². The van der Waals surface area contributed by atoms with Crippen molar-refractivity contribution in [1.82, 2.24) is 10.3 Å². The van der Waals surface area contributed by atoms with Crippen molar-refractivity contribution in [2.75, 3.05) is 11.9 Å². The van der Waals surface area contributed by atoms with Gasteiger partial charge in [-0.2, -0.15) is 4.39 Å². The zero-order chi connectivity index (χ0) is 13.4. The molecule has 1 aromatic heterocycles. The molecule has 5 nitrogen and oxygen atoms in total. The quantitative estimate of drug-likeness (QED) is 0.764. The molecule has 0 radical (unpaired) electrons. The van der Waals surface area contributed by atoms with Crippen molar-refractivity contribution in [1.29, 1.82) is 0 Å². The Bertz CT molecular complexity index is 379. The number of carbonyl (C=O) groups is 2. The lowest BCUT2D eigenvalue weighted by Crippen LogP contribution is -2.41. The lowest BCUT2D eigenvalue weighted by atomic mass is 10.3. The third-order valence-corrected chi connectivity index (χ3v) is 1.70. The first-order valence-corrected chi connectivity index (χ1v) is 5.20. The normalized spacial score (nSPS) is 8.76. The standard InChI is InChI=1S/C9H10FN3O2.C2H6/c1-6(14)13(9(15)11-2)7-3-4-8(10)12-5-7;1-2/h3-5H,1-2H3,(H,11,15);1-2H3. The zero-order valence-corrected chi connectivity index (χ0v) is 10.3. The molecule has 0 spiro atoms. The van der Waals surface area contributed by atoms with Crippen LogP contribution in [-0.2, 0) is 4.79 Å². The highest BCUT2D eigenvalue weighted by Crippen LogP contribution is 2.12. The predicted molar refractivity (Wildman–Crippen MR) is 63.2 cm³/mol. The number of amides is 3. The van der Waals surface area contributed by atoms with E-state index in [4.69, 9.17) is 0 Å². The van der Waals surface area contributed by atoms with Crippen molar-refractivity contribution < 1.29 is 14.0 Å². The third kappa shape index (κ3) is 4.18. The van der Waals surface area contributed by atoms with Gasteiger partial charge in [-0.25, -0.2) is 14.7 Å². The van der Waals surface area contributed by atoms with Gasteiger partial charge in [0, 0.05) is 14.0 Å². The molecule has 6 heteroatoms. The van der Waals surface area contributed by atoms with Crippen LogP contribution in [0, 0.1) is 5.95 Å². The van der Waals surface area contributed by atoms with Crippen molar-refractivity contribution in [2.24, 2.45) is 0 Å². The van der Waals surface area contributed by atoms with Crippen LogP contribution >= 0.6 is 0 Å². The first-order chi connectivity index (χ1) is 8.06. The monoisotopic (exact) mass is 241 g/mol. The number of aromatic nitrogens is 1. The fourth-order valence-corrected chi connectivity index (χ4v) is 1.05. The largest absolute Gasteiger partial charge is 0.340 e. The SMILES string of the molecule is CC.CNC(=O)N(C(C)=O)c1ccc(F)nc1. The van der Waals surface area contributed by atoms with Gasteiger partial charge in [0.2, 0.25) is 11.9 Å². The molecular weight excluding hydrogens is 225 g/mol. The van der Waals surface area contributed by atoms with Crippen molar-refractivity contribution in [2.45, 2.75) is 20.8 Å². The maximum atomic E-state index is 12.5. The number of halogens is 1. The van der Waals surface area contributed by atoms with E-state index in [2.05, 4.69) is 10.3 Å². The third-order valence-electron chi connectivity index (χ3n) is 1.70. The van der Waals surface area contributed by atoms with E-state index < -0.39 is 17.9 Å². The number of rotatable bonds is 1. The number of hydrogen-bond acceptors (Lipinski definition) is 3. The Hall–Kier alpha value is -1.98. The smallest absolute Gasteiger partial charge is 0.328 e. The molecule has 0 atom stereocenters. The summed E-state index contributed by atoms with van der Waals surface area (Å²) in [5, 5.41) is 2.30. The highest BCUT2D eigenvalue weighted by molar-refractivity contribution is 6.13. The van der Waals surface area contributed by atoms with Crippen molar-refractivity contribution in [3.8, 4) is 0 Å². The highest BCUT2D eigenvalue weighted by Gasteiger charge is 2.18. The van der Waals surface area contributed by atoms with Crippen LogP contribution in [0.4, 0.5) is 14.9 Å². The molecule has 0 aromatic carbocycles. The Balaban J connectivity index is 0.00000121. The average molecular weight is 241 g/mol. The summed E-state index contributed by atoms with van der Waals surface area (Å²) in [6, 6.07) is 1.80. The summed E-state index contributed by atoms with van der Waals surface area (Å²) in [6.45, 7) is 5.23. The van der Waals surface area contributed by atoms with Crippen LogP contribution in [0.5, 0.6) is 0 Å². The minimum Gasteiger partial charge on any atom is -0.340 e. The van der Waals surface area contributed by atoms with Crippen LogP contribution in [0.2, 0.25) is 0 Å². The van der Waals surface area contributed by atoms with E-state index in [1.165, 1.54) is 20.0 Å². The summed E-state index contributed by atoms with van der Waals surface area (Å²) in [7, 11) is 1.40. The number of urea groups is 1. The van der Waals surface area contributed by atoms with E-state index in [9.17, 15) is 14.0 Å². The van der Waals surface area contributed by atoms with Crippen LogP contribution in [0.1, 0.15) is 20.8 Å². The number of pyridine rings is 1. The fraction of sp³-hybridized carbons (Fsp3) is 0.364. The van der Waals surface area contributed by atoms with E-state index in [0.29, 0.717) is 0 Å². The van der Waals surface area contributed by atoms with Crippen LogP contribution in [0.25, 0.3) is 0 Å². The van der Waals surface area contributed by atoms with E-state index in [-0.39, 0.29) is 5.69 Å². The number of hydrogen-bond donors (Lipinski definition) is 1. The van der Waals surface area contributed by atoms with Gasteiger partial charge in [-0.1, -0.05) is 13.8 Å². The van der Waals surface area contributed by atoms with Gasteiger partial charge in [0.1, 0.15) is 0 Å². The zero-order valence-electron chi connectivity index (χ0n) is 10.3. The van der Waals surface area contributed by atoms with E-state index in [0.717, 1.165) is 17.2 Å². The molecule has 0 unspecified atom stereocenters. The fourth-order valence-electron chi connectivity index (χ4n) is 1.05. The van der Waals surface area contributed by atoms with Crippen molar-refractivity contribution in [3.05, 3.63) is 24.3 Å². The van der Waals surface area contributed by atoms with Gasteiger partial charge < -0.3 is 5.32 Å². The highest BCUT2D eigenvalue weighted by atomic mass is 19.1. The Morgan fingerprint density at radius 1 is 1.35 bits per heavy atom. The first-order valence-electron chi connectivity index (χ1n) is 5.20. The number of anilines is 1. The van der Waals surface area contributed by atoms with Crippen LogP contribution in [-0.4, -0.2) is 24.0 Å². The van der Waals surface area contributed by atoms with Gasteiger partial charge in [-0.05, 0) is 12.1 Å². The van der Waals surface area contributed by atoms with E-state index in [1.54, 1.807) is 0 Å². The Morgan fingerprint density at radius 3 is 2.29 bits per heavy atom. The Kier molecular flexibility index (Phi) is 6.47. The molecule has 1 N–H and O–H groups in total. The summed E-state index contributed by atoms with van der Waals surface area (Å²) < 4.78 is 12.5. The second-order valence-electron chi connectivity index (χ2n) is 2.75. The average Bonchev–Trinajstić information content (AvgIpc) is 2.34. The minimum absolute atomic E-state index is 0.225. The number of imide groups is 1. The van der Waals surface area contributed by atoms with Gasteiger partial charge in [0.15, 0.2) is 0 Å². The Morgan fingerprint density at radius 2 is 1.94 bits per heavy atom.